The molecule has 0 bridgehead atoms. The van der Waals surface area contributed by atoms with Crippen LogP contribution in [0.3, 0.4) is 0 Å². The zero-order chi connectivity index (χ0) is 29.8. The zero-order valence-electron chi connectivity index (χ0n) is 23.8. The molecule has 222 valence electrons. The lowest BCUT2D eigenvalue weighted by Crippen LogP contribution is -2.40. The molecule has 0 radical (unpaired) electrons. The van der Waals surface area contributed by atoms with Gasteiger partial charge in [0.25, 0.3) is 12.4 Å². The van der Waals surface area contributed by atoms with Crippen LogP contribution in [-0.2, 0) is 21.2 Å². The van der Waals surface area contributed by atoms with Crippen molar-refractivity contribution in [2.45, 2.75) is 95.0 Å². The van der Waals surface area contributed by atoms with Gasteiger partial charge in [0, 0.05) is 21.8 Å². The van der Waals surface area contributed by atoms with Gasteiger partial charge >= 0.3 is 0 Å². The van der Waals surface area contributed by atoms with E-state index in [9.17, 15) is 13.2 Å². The van der Waals surface area contributed by atoms with Gasteiger partial charge in [0.05, 0.1) is 9.92 Å². The normalized spacial score (nSPS) is 16.5. The number of sulfonamides is 1. The van der Waals surface area contributed by atoms with Gasteiger partial charge in [-0.15, -0.1) is 11.3 Å². The van der Waals surface area contributed by atoms with Gasteiger partial charge in [0.1, 0.15) is 4.88 Å². The molecule has 2 aliphatic carbocycles. The molecule has 1 heterocycles. The molecular formula is C31H39ClN2O5S2. The number of amides is 1. The number of hydrogen-bond acceptors (Lipinski definition) is 5. The third-order valence-corrected chi connectivity index (χ3v) is 11.3. The Morgan fingerprint density at radius 3 is 2.24 bits per heavy atom. The Kier molecular flexibility index (Phi) is 10.2. The van der Waals surface area contributed by atoms with Crippen molar-refractivity contribution < 1.29 is 23.1 Å². The van der Waals surface area contributed by atoms with Gasteiger partial charge < -0.3 is 10.4 Å². The van der Waals surface area contributed by atoms with Crippen LogP contribution in [0.5, 0.6) is 0 Å². The van der Waals surface area contributed by atoms with E-state index < -0.39 is 15.6 Å². The van der Waals surface area contributed by atoms with Gasteiger partial charge in [0.15, 0.2) is 0 Å². The van der Waals surface area contributed by atoms with Crippen LogP contribution in [0.4, 0.5) is 0 Å². The Morgan fingerprint density at radius 1 is 1.02 bits per heavy atom. The van der Waals surface area contributed by atoms with Crippen LogP contribution < -0.4 is 10.0 Å². The van der Waals surface area contributed by atoms with Crippen LogP contribution in [0.1, 0.15) is 87.4 Å². The van der Waals surface area contributed by atoms with Crippen molar-refractivity contribution in [3.8, 4) is 10.4 Å². The molecule has 2 aliphatic rings. The van der Waals surface area contributed by atoms with E-state index in [4.69, 9.17) is 21.5 Å². The monoisotopic (exact) mass is 618 g/mol. The Bertz CT molecular complexity index is 1500. The summed E-state index contributed by atoms with van der Waals surface area (Å²) in [6.45, 7) is 5.26. The lowest BCUT2D eigenvalue weighted by Gasteiger charge is -2.26. The van der Waals surface area contributed by atoms with E-state index in [1.807, 2.05) is 51.1 Å². The molecule has 2 fully saturated rings. The molecule has 7 nitrogen and oxygen atoms in total. The summed E-state index contributed by atoms with van der Waals surface area (Å²) >= 11 is 8.45. The second-order valence-electron chi connectivity index (χ2n) is 12.0. The van der Waals surface area contributed by atoms with Crippen molar-refractivity contribution in [3.05, 3.63) is 51.9 Å². The summed E-state index contributed by atoms with van der Waals surface area (Å²) in [6, 6.07) is 11.4. The molecule has 10 heteroatoms. The maximum atomic E-state index is 13.3. The van der Waals surface area contributed by atoms with E-state index in [0.29, 0.717) is 21.2 Å². The fourth-order valence-electron chi connectivity index (χ4n) is 5.64. The summed E-state index contributed by atoms with van der Waals surface area (Å²) in [6.07, 6.45) is 10.1. The number of carboxylic acid groups (broad SMARTS) is 1. The first-order chi connectivity index (χ1) is 19.4. The minimum Gasteiger partial charge on any atom is -0.483 e. The fourth-order valence-corrected chi connectivity index (χ4v) is 8.86. The number of thiophene rings is 1. The first-order valence-corrected chi connectivity index (χ1v) is 16.9. The number of rotatable bonds is 7. The number of carbonyl (C=O) groups is 2. The Labute approximate surface area is 251 Å². The van der Waals surface area contributed by atoms with Gasteiger partial charge in [-0.05, 0) is 75.0 Å². The highest BCUT2D eigenvalue weighted by Crippen LogP contribution is 2.45. The minimum absolute atomic E-state index is 0.0984. The molecule has 3 aromatic rings. The molecule has 1 amide bonds. The highest BCUT2D eigenvalue weighted by Gasteiger charge is 2.30. The van der Waals surface area contributed by atoms with E-state index in [-0.39, 0.29) is 23.3 Å². The van der Waals surface area contributed by atoms with Crippen molar-refractivity contribution in [1.29, 1.82) is 0 Å². The summed E-state index contributed by atoms with van der Waals surface area (Å²) in [7, 11) is -3.74. The standard InChI is InChI=1S/C30H37ClN2O3S2.CH2O2/c1-30(2,3)33-38(35,36)25-17-16-23(21-14-7-8-15-22(21)25)27-24(18-19-10-5-4-6-11-19)26(31)28(37-27)29(34)32-20-12-9-13-20;2-1-3/h7-8,14-17,19-20,33H,4-6,9-13,18H2,1-3H3,(H,32,34);1H,(H,2,3). The van der Waals surface area contributed by atoms with E-state index in [1.54, 1.807) is 6.07 Å². The van der Waals surface area contributed by atoms with Gasteiger partial charge in [-0.25, -0.2) is 13.1 Å². The maximum Gasteiger partial charge on any atom is 0.290 e. The van der Waals surface area contributed by atoms with Crippen molar-refractivity contribution in [1.82, 2.24) is 10.0 Å². The number of benzene rings is 2. The molecule has 0 atom stereocenters. The maximum absolute atomic E-state index is 13.3. The highest BCUT2D eigenvalue weighted by atomic mass is 35.5. The van der Waals surface area contributed by atoms with Crippen molar-refractivity contribution >= 4 is 56.1 Å². The van der Waals surface area contributed by atoms with Crippen molar-refractivity contribution in [2.24, 2.45) is 5.92 Å². The SMILES string of the molecule is CC(C)(C)NS(=O)(=O)c1ccc(-c2sc(C(=O)NC3CCC3)c(Cl)c2CC2CCCCC2)c2ccccc12.O=CO. The molecule has 0 spiro atoms. The lowest BCUT2D eigenvalue weighted by atomic mass is 9.84. The van der Waals surface area contributed by atoms with Crippen LogP contribution in [0.25, 0.3) is 21.2 Å². The van der Waals surface area contributed by atoms with Gasteiger partial charge in [-0.3, -0.25) is 9.59 Å². The summed E-state index contributed by atoms with van der Waals surface area (Å²) < 4.78 is 29.5. The number of carbonyl (C=O) groups excluding carboxylic acids is 1. The Hall–Kier alpha value is -2.46. The van der Waals surface area contributed by atoms with E-state index >= 15 is 0 Å². The first-order valence-electron chi connectivity index (χ1n) is 14.2. The molecule has 2 saturated carbocycles. The molecule has 0 saturated heterocycles. The van der Waals surface area contributed by atoms with Crippen LogP contribution in [0, 0.1) is 5.92 Å². The lowest BCUT2D eigenvalue weighted by molar-refractivity contribution is -0.122. The molecule has 3 N–H and O–H groups in total. The average molecular weight is 619 g/mol. The van der Waals surface area contributed by atoms with E-state index in [2.05, 4.69) is 10.0 Å². The second-order valence-corrected chi connectivity index (χ2v) is 15.0. The van der Waals surface area contributed by atoms with E-state index in [1.165, 1.54) is 43.4 Å². The summed E-state index contributed by atoms with van der Waals surface area (Å²) in [4.78, 5) is 23.4. The summed E-state index contributed by atoms with van der Waals surface area (Å²) in [5.41, 5.74) is 1.35. The zero-order valence-corrected chi connectivity index (χ0v) is 26.2. The van der Waals surface area contributed by atoms with Crippen molar-refractivity contribution in [2.75, 3.05) is 0 Å². The van der Waals surface area contributed by atoms with E-state index in [0.717, 1.165) is 47.1 Å². The van der Waals surface area contributed by atoms with Gasteiger partial charge in [0.2, 0.25) is 10.0 Å². The average Bonchev–Trinajstić information content (AvgIpc) is 3.20. The Morgan fingerprint density at radius 2 is 1.66 bits per heavy atom. The second kappa shape index (κ2) is 13.2. The minimum atomic E-state index is -3.74. The summed E-state index contributed by atoms with van der Waals surface area (Å²) in [5.74, 6) is 0.442. The first kappa shape index (κ1) is 31.5. The molecule has 41 heavy (non-hydrogen) atoms. The Balaban J connectivity index is 0.00000124. The topological polar surface area (TPSA) is 113 Å². The molecule has 1 aromatic heterocycles. The molecule has 0 unspecified atom stereocenters. The van der Waals surface area contributed by atoms with Gasteiger partial charge in [-0.1, -0.05) is 74.0 Å². The molecular weight excluding hydrogens is 580 g/mol. The fraction of sp³-hybridized carbons (Fsp3) is 0.484. The van der Waals surface area contributed by atoms with Crippen LogP contribution >= 0.6 is 22.9 Å². The third kappa shape index (κ3) is 7.49. The number of fused-ring (bicyclic) bond motifs is 1. The quantitative estimate of drug-likeness (QED) is 0.239. The highest BCUT2D eigenvalue weighted by molar-refractivity contribution is 7.89. The number of nitrogens with one attached hydrogen (secondary N) is 2. The molecule has 2 aromatic carbocycles. The van der Waals surface area contributed by atoms with Crippen molar-refractivity contribution in [3.63, 3.8) is 0 Å². The molecule has 0 aliphatic heterocycles. The van der Waals surface area contributed by atoms with Gasteiger partial charge in [-0.2, -0.15) is 0 Å². The predicted molar refractivity (Wildman–Crippen MR) is 166 cm³/mol. The third-order valence-electron chi connectivity index (χ3n) is 7.67. The number of hydrogen-bond donors (Lipinski definition) is 3. The predicted octanol–water partition coefficient (Wildman–Crippen LogP) is 7.40. The van der Waals surface area contributed by atoms with Crippen LogP contribution in [0.15, 0.2) is 41.3 Å². The summed E-state index contributed by atoms with van der Waals surface area (Å²) in [5, 5.41) is 12.1. The van der Waals surface area contributed by atoms with Crippen LogP contribution in [-0.4, -0.2) is 37.5 Å². The van der Waals surface area contributed by atoms with Crippen LogP contribution in [0.2, 0.25) is 5.02 Å². The number of halogens is 1. The smallest absolute Gasteiger partial charge is 0.290 e. The largest absolute Gasteiger partial charge is 0.483 e. The molecule has 5 rings (SSSR count).